The maximum atomic E-state index is 12.7. The number of hydrogen-bond donors (Lipinski definition) is 2. The summed E-state index contributed by atoms with van der Waals surface area (Å²) in [5.41, 5.74) is 5.58. The zero-order chi connectivity index (χ0) is 13.3. The largest absolute Gasteiger partial charge is 0.433 e. The summed E-state index contributed by atoms with van der Waals surface area (Å²) in [6.45, 7) is 1.84. The van der Waals surface area contributed by atoms with Crippen LogP contribution < -0.4 is 5.73 Å². The van der Waals surface area contributed by atoms with Crippen LogP contribution in [0, 0.1) is 6.92 Å². The molecule has 0 unspecified atom stereocenters. The Bertz CT molecular complexity index is 567. The van der Waals surface area contributed by atoms with E-state index < -0.39 is 11.9 Å². The Hall–Kier alpha value is -1.67. The lowest BCUT2D eigenvalue weighted by molar-refractivity contribution is -0.140. The summed E-state index contributed by atoms with van der Waals surface area (Å²) in [7, 11) is 0. The van der Waals surface area contributed by atoms with Crippen LogP contribution in [0.4, 0.5) is 13.2 Å². The van der Waals surface area contributed by atoms with E-state index in [0.29, 0.717) is 11.3 Å². The lowest BCUT2D eigenvalue weighted by Crippen LogP contribution is -2.09. The molecule has 2 aromatic heterocycles. The average molecular weight is 294 g/mol. The Kier molecular flexibility index (Phi) is 4.48. The molecule has 0 saturated heterocycles. The minimum absolute atomic E-state index is 0. The van der Waals surface area contributed by atoms with Crippen molar-refractivity contribution in [3.8, 4) is 11.3 Å². The summed E-state index contributed by atoms with van der Waals surface area (Å²) >= 11 is 0. The average Bonchev–Trinajstić information content (AvgIpc) is 2.77. The summed E-state index contributed by atoms with van der Waals surface area (Å²) in [5.74, 6) is 0. The number of H-pyrrole nitrogens is 1. The van der Waals surface area contributed by atoms with Crippen LogP contribution in [0.25, 0.3) is 11.3 Å². The van der Waals surface area contributed by atoms with Crippen LogP contribution in [0.3, 0.4) is 0 Å². The predicted octanol–water partition coefficient (Wildman–Crippen LogP) is 2.07. The van der Waals surface area contributed by atoms with Crippen molar-refractivity contribution in [2.75, 3.05) is 0 Å². The first-order valence-corrected chi connectivity index (χ1v) is 5.07. The van der Waals surface area contributed by atoms with Gasteiger partial charge in [-0.15, -0.1) is 17.5 Å². The van der Waals surface area contributed by atoms with Gasteiger partial charge in [-0.2, -0.15) is 23.4 Å². The van der Waals surface area contributed by atoms with E-state index in [1.165, 1.54) is 0 Å². The van der Waals surface area contributed by atoms with Crippen LogP contribution in [0.15, 0.2) is 12.3 Å². The molecule has 0 aliphatic heterocycles. The number of nitrogens with zero attached hydrogens (tertiary/aromatic N) is 3. The molecule has 0 aromatic carbocycles. The third kappa shape index (κ3) is 3.02. The van der Waals surface area contributed by atoms with Gasteiger partial charge in [-0.25, -0.2) is 0 Å². The number of nitrogens with two attached hydrogens (primary N) is 1. The number of nitrogens with one attached hydrogen (secondary N) is 1. The van der Waals surface area contributed by atoms with Crippen LogP contribution in [-0.2, 0) is 12.7 Å². The summed E-state index contributed by atoms with van der Waals surface area (Å²) in [5, 5.41) is 12.9. The number of hydrogen-bond acceptors (Lipinski definition) is 4. The number of rotatable bonds is 2. The fourth-order valence-corrected chi connectivity index (χ4v) is 1.59. The van der Waals surface area contributed by atoms with Gasteiger partial charge in [-0.1, -0.05) is 0 Å². The van der Waals surface area contributed by atoms with E-state index in [9.17, 15) is 13.2 Å². The van der Waals surface area contributed by atoms with Crippen molar-refractivity contribution in [2.45, 2.75) is 19.6 Å². The van der Waals surface area contributed by atoms with Crippen LogP contribution in [0.1, 0.15) is 17.0 Å². The van der Waals surface area contributed by atoms with E-state index in [-0.39, 0.29) is 30.2 Å². The molecule has 9 heteroatoms. The van der Waals surface area contributed by atoms with Gasteiger partial charge in [-0.3, -0.25) is 5.10 Å². The number of halogens is 4. The monoisotopic (exact) mass is 293 g/mol. The maximum absolute atomic E-state index is 12.7. The highest BCUT2D eigenvalue weighted by atomic mass is 35.5. The smallest absolute Gasteiger partial charge is 0.325 e. The second-order valence-corrected chi connectivity index (χ2v) is 3.73. The molecule has 2 heterocycles. The zero-order valence-corrected chi connectivity index (χ0v) is 10.6. The van der Waals surface area contributed by atoms with Crippen molar-refractivity contribution >= 4 is 12.4 Å². The highest BCUT2D eigenvalue weighted by molar-refractivity contribution is 5.85. The molecule has 0 fully saturated rings. The van der Waals surface area contributed by atoms with Gasteiger partial charge >= 0.3 is 6.18 Å². The van der Waals surface area contributed by atoms with E-state index in [1.807, 2.05) is 5.10 Å². The highest BCUT2D eigenvalue weighted by Crippen LogP contribution is 2.35. The van der Waals surface area contributed by atoms with Gasteiger partial charge in [0.05, 0.1) is 23.1 Å². The molecule has 2 aromatic rings. The molecule has 2 rings (SSSR count). The van der Waals surface area contributed by atoms with Gasteiger partial charge in [0, 0.05) is 6.54 Å². The minimum Gasteiger partial charge on any atom is -0.325 e. The Balaban J connectivity index is 0.00000180. The quantitative estimate of drug-likeness (QED) is 0.888. The van der Waals surface area contributed by atoms with Gasteiger partial charge < -0.3 is 5.73 Å². The van der Waals surface area contributed by atoms with Crippen molar-refractivity contribution in [2.24, 2.45) is 5.73 Å². The number of aryl methyl sites for hydroxylation is 1. The topological polar surface area (TPSA) is 80.5 Å². The summed E-state index contributed by atoms with van der Waals surface area (Å²) in [4.78, 5) is 0. The van der Waals surface area contributed by atoms with Crippen LogP contribution in [0.2, 0.25) is 0 Å². The fraction of sp³-hybridized carbons (Fsp3) is 0.300. The highest BCUT2D eigenvalue weighted by Gasteiger charge is 2.36. The molecule has 0 bridgehead atoms. The van der Waals surface area contributed by atoms with E-state index in [0.717, 1.165) is 6.20 Å². The van der Waals surface area contributed by atoms with Gasteiger partial charge in [0.1, 0.15) is 5.69 Å². The van der Waals surface area contributed by atoms with Gasteiger partial charge in [0.15, 0.2) is 0 Å². The summed E-state index contributed by atoms with van der Waals surface area (Å²) in [6.07, 6.45) is -3.42. The predicted molar refractivity (Wildman–Crippen MR) is 64.5 cm³/mol. The first-order chi connectivity index (χ1) is 8.43. The Morgan fingerprint density at radius 1 is 1.32 bits per heavy atom. The van der Waals surface area contributed by atoms with Gasteiger partial charge in [0.25, 0.3) is 0 Å². The van der Waals surface area contributed by atoms with Crippen molar-refractivity contribution in [1.29, 1.82) is 0 Å². The lowest BCUT2D eigenvalue weighted by Gasteiger charge is -2.08. The molecule has 0 saturated carbocycles. The SMILES string of the molecule is Cc1cc(CN)nnc1-c1cn[nH]c1C(F)(F)F.Cl. The van der Waals surface area contributed by atoms with E-state index in [2.05, 4.69) is 15.3 Å². The Morgan fingerprint density at radius 3 is 2.53 bits per heavy atom. The molecule has 0 amide bonds. The summed E-state index contributed by atoms with van der Waals surface area (Å²) < 4.78 is 38.1. The molecule has 0 radical (unpaired) electrons. The lowest BCUT2D eigenvalue weighted by atomic mass is 10.1. The molecule has 0 spiro atoms. The first kappa shape index (κ1) is 15.4. The van der Waals surface area contributed by atoms with Crippen molar-refractivity contribution in [1.82, 2.24) is 20.4 Å². The Labute approximate surface area is 112 Å². The van der Waals surface area contributed by atoms with Crippen LogP contribution >= 0.6 is 12.4 Å². The van der Waals surface area contributed by atoms with E-state index >= 15 is 0 Å². The molecular weight excluding hydrogens is 283 g/mol. The van der Waals surface area contributed by atoms with Crippen molar-refractivity contribution in [3.05, 3.63) is 29.2 Å². The number of aromatic amines is 1. The maximum Gasteiger partial charge on any atom is 0.433 e. The molecule has 5 nitrogen and oxygen atoms in total. The molecule has 104 valence electrons. The number of aromatic nitrogens is 4. The third-order valence-corrected chi connectivity index (χ3v) is 2.42. The van der Waals surface area contributed by atoms with Crippen molar-refractivity contribution in [3.63, 3.8) is 0 Å². The molecular formula is C10H11ClF3N5. The molecule has 0 atom stereocenters. The van der Waals surface area contributed by atoms with Gasteiger partial charge in [0.2, 0.25) is 0 Å². The van der Waals surface area contributed by atoms with Crippen molar-refractivity contribution < 1.29 is 13.2 Å². The van der Waals surface area contributed by atoms with Gasteiger partial charge in [-0.05, 0) is 18.6 Å². The second kappa shape index (κ2) is 5.54. The van der Waals surface area contributed by atoms with Crippen LogP contribution in [-0.4, -0.2) is 20.4 Å². The molecule has 3 N–H and O–H groups in total. The number of alkyl halides is 3. The summed E-state index contributed by atoms with van der Waals surface area (Å²) in [6, 6.07) is 1.61. The van der Waals surface area contributed by atoms with Crippen LogP contribution in [0.5, 0.6) is 0 Å². The van der Waals surface area contributed by atoms with E-state index in [4.69, 9.17) is 5.73 Å². The first-order valence-electron chi connectivity index (χ1n) is 5.07. The zero-order valence-electron chi connectivity index (χ0n) is 9.82. The molecule has 0 aliphatic rings. The molecule has 0 aliphatic carbocycles. The second-order valence-electron chi connectivity index (χ2n) is 3.73. The van der Waals surface area contributed by atoms with E-state index in [1.54, 1.807) is 13.0 Å². The normalized spacial score (nSPS) is 11.2. The third-order valence-electron chi connectivity index (χ3n) is 2.42. The Morgan fingerprint density at radius 2 is 2.00 bits per heavy atom. The molecule has 19 heavy (non-hydrogen) atoms. The minimum atomic E-state index is -4.51. The standard InChI is InChI=1S/C10H10F3N5.ClH/c1-5-2-6(3-14)16-17-8(5)7-4-15-18-9(7)10(11,12)13;/h2,4H,3,14H2,1H3,(H,15,18);1H. The fourth-order valence-electron chi connectivity index (χ4n) is 1.59.